The third kappa shape index (κ3) is 4.90. The predicted octanol–water partition coefficient (Wildman–Crippen LogP) is 4.17. The summed E-state index contributed by atoms with van der Waals surface area (Å²) in [4.78, 5) is 17.5. The van der Waals surface area contributed by atoms with Gasteiger partial charge in [-0.25, -0.2) is 17.7 Å². The Bertz CT molecular complexity index is 1250. The van der Waals surface area contributed by atoms with Gasteiger partial charge in [-0.1, -0.05) is 30.0 Å². The van der Waals surface area contributed by atoms with E-state index in [1.54, 1.807) is 25.3 Å². The van der Waals surface area contributed by atoms with Gasteiger partial charge in [0.25, 0.3) is 0 Å². The highest BCUT2D eigenvalue weighted by Gasteiger charge is 2.22. The number of aryl methyl sites for hydroxylation is 2. The lowest BCUT2D eigenvalue weighted by molar-refractivity contribution is -0.115. The zero-order valence-corrected chi connectivity index (χ0v) is 20.7. The Morgan fingerprint density at radius 2 is 1.84 bits per heavy atom. The molecule has 1 amide bonds. The predicted molar refractivity (Wildman–Crippen MR) is 129 cm³/mol. The Kier molecular flexibility index (Phi) is 7.12. The summed E-state index contributed by atoms with van der Waals surface area (Å²) in [5, 5.41) is 3.13. The van der Waals surface area contributed by atoms with Crippen LogP contribution in [0.5, 0.6) is 0 Å². The van der Waals surface area contributed by atoms with Gasteiger partial charge in [0, 0.05) is 32.2 Å². The van der Waals surface area contributed by atoms with Crippen LogP contribution in [-0.4, -0.2) is 47.5 Å². The maximum atomic E-state index is 12.9. The van der Waals surface area contributed by atoms with Crippen molar-refractivity contribution >= 4 is 33.4 Å². The van der Waals surface area contributed by atoms with Gasteiger partial charge in [0.2, 0.25) is 15.9 Å². The number of imidazole rings is 1. The number of nitrogens with one attached hydrogen (secondary N) is 1. The molecule has 1 atom stereocenters. The molecular formula is C23H28N4O3S2. The molecule has 0 radical (unpaired) electrons. The van der Waals surface area contributed by atoms with Crippen molar-refractivity contribution in [2.75, 3.05) is 19.4 Å². The monoisotopic (exact) mass is 472 g/mol. The van der Waals surface area contributed by atoms with E-state index in [1.807, 2.05) is 29.8 Å². The molecular weight excluding hydrogens is 444 g/mol. The molecule has 0 aliphatic heterocycles. The molecule has 1 heterocycles. The number of amides is 1. The first-order valence-electron chi connectivity index (χ1n) is 10.1. The lowest BCUT2D eigenvalue weighted by Gasteiger charge is -2.17. The van der Waals surface area contributed by atoms with Gasteiger partial charge in [-0.3, -0.25) is 9.36 Å². The van der Waals surface area contributed by atoms with E-state index in [2.05, 4.69) is 30.2 Å². The standard InChI is InChI=1S/C23H28N4O3S2/c1-15-8-7-9-21(17(15)3)27-13-12-24-23(27)31-18(4)22(28)25-20-14-19(11-10-16(20)2)32(29,30)26(5)6/h7-14,18H,1-6H3,(H,25,28)/t18-/m0/s1. The van der Waals surface area contributed by atoms with Crippen molar-refractivity contribution < 1.29 is 13.2 Å². The highest BCUT2D eigenvalue weighted by atomic mass is 32.2. The highest BCUT2D eigenvalue weighted by Crippen LogP contribution is 2.28. The minimum Gasteiger partial charge on any atom is -0.325 e. The number of rotatable bonds is 7. The summed E-state index contributed by atoms with van der Waals surface area (Å²) < 4.78 is 28.0. The summed E-state index contributed by atoms with van der Waals surface area (Å²) in [6, 6.07) is 10.8. The van der Waals surface area contributed by atoms with Crippen LogP contribution in [0.4, 0.5) is 5.69 Å². The van der Waals surface area contributed by atoms with Crippen molar-refractivity contribution in [1.82, 2.24) is 13.9 Å². The molecule has 3 rings (SSSR count). The molecule has 0 fully saturated rings. The fourth-order valence-electron chi connectivity index (χ4n) is 3.11. The number of carbonyl (C=O) groups excluding carboxylic acids is 1. The fourth-order valence-corrected chi connectivity index (χ4v) is 4.92. The molecule has 0 saturated carbocycles. The molecule has 2 aromatic carbocycles. The minimum atomic E-state index is -3.59. The summed E-state index contributed by atoms with van der Waals surface area (Å²) >= 11 is 1.35. The number of carbonyl (C=O) groups is 1. The Hall–Kier alpha value is -2.62. The average Bonchev–Trinajstić information content (AvgIpc) is 3.19. The van der Waals surface area contributed by atoms with Gasteiger partial charge in [-0.05, 0) is 62.6 Å². The maximum Gasteiger partial charge on any atom is 0.242 e. The molecule has 0 unspecified atom stereocenters. The second-order valence-corrected chi connectivity index (χ2v) is 11.3. The normalized spacial score (nSPS) is 12.7. The van der Waals surface area contributed by atoms with Crippen LogP contribution in [0.25, 0.3) is 5.69 Å². The first kappa shape index (κ1) is 24.0. The van der Waals surface area contributed by atoms with E-state index in [0.717, 1.165) is 21.1 Å². The third-order valence-corrected chi connectivity index (χ3v) is 8.23. The van der Waals surface area contributed by atoms with Gasteiger partial charge < -0.3 is 5.32 Å². The zero-order chi connectivity index (χ0) is 23.6. The quantitative estimate of drug-likeness (QED) is 0.522. The van der Waals surface area contributed by atoms with E-state index < -0.39 is 15.3 Å². The van der Waals surface area contributed by atoms with Crippen molar-refractivity contribution in [2.24, 2.45) is 0 Å². The van der Waals surface area contributed by atoms with Crippen LogP contribution in [0.2, 0.25) is 0 Å². The Morgan fingerprint density at radius 1 is 1.12 bits per heavy atom. The summed E-state index contributed by atoms with van der Waals surface area (Å²) in [6.07, 6.45) is 3.60. The first-order valence-corrected chi connectivity index (χ1v) is 12.4. The molecule has 0 bridgehead atoms. The fraction of sp³-hybridized carbons (Fsp3) is 0.304. The van der Waals surface area contributed by atoms with Crippen LogP contribution in [0, 0.1) is 20.8 Å². The number of nitrogens with zero attached hydrogens (tertiary/aromatic N) is 3. The first-order chi connectivity index (χ1) is 15.0. The zero-order valence-electron chi connectivity index (χ0n) is 19.1. The minimum absolute atomic E-state index is 0.133. The average molecular weight is 473 g/mol. The van der Waals surface area contributed by atoms with Crippen LogP contribution < -0.4 is 5.32 Å². The van der Waals surface area contributed by atoms with Gasteiger partial charge >= 0.3 is 0 Å². The van der Waals surface area contributed by atoms with Crippen molar-refractivity contribution in [1.29, 1.82) is 0 Å². The Balaban J connectivity index is 1.80. The number of benzene rings is 2. The molecule has 3 aromatic rings. The summed E-state index contributed by atoms with van der Waals surface area (Å²) in [5.41, 5.74) is 4.61. The molecule has 7 nitrogen and oxygen atoms in total. The van der Waals surface area contributed by atoms with Gasteiger partial charge in [0.1, 0.15) is 0 Å². The van der Waals surface area contributed by atoms with Crippen molar-refractivity contribution in [3.63, 3.8) is 0 Å². The largest absolute Gasteiger partial charge is 0.325 e. The maximum absolute atomic E-state index is 12.9. The van der Waals surface area contributed by atoms with E-state index in [4.69, 9.17) is 0 Å². The van der Waals surface area contributed by atoms with Crippen LogP contribution in [0.15, 0.2) is 58.8 Å². The number of sulfonamides is 1. The van der Waals surface area contributed by atoms with E-state index in [0.29, 0.717) is 10.8 Å². The molecule has 0 aliphatic rings. The molecule has 0 spiro atoms. The summed E-state index contributed by atoms with van der Waals surface area (Å²) in [7, 11) is -0.641. The topological polar surface area (TPSA) is 84.3 Å². The molecule has 0 saturated heterocycles. The van der Waals surface area contributed by atoms with Crippen molar-refractivity contribution in [3.8, 4) is 5.69 Å². The molecule has 1 aromatic heterocycles. The number of hydrogen-bond acceptors (Lipinski definition) is 5. The van der Waals surface area contributed by atoms with Crippen molar-refractivity contribution in [3.05, 3.63) is 65.5 Å². The molecule has 32 heavy (non-hydrogen) atoms. The molecule has 0 aliphatic carbocycles. The van der Waals surface area contributed by atoms with E-state index >= 15 is 0 Å². The van der Waals surface area contributed by atoms with Crippen LogP contribution in [0.3, 0.4) is 0 Å². The summed E-state index contributed by atoms with van der Waals surface area (Å²) in [5.74, 6) is -0.229. The lowest BCUT2D eigenvalue weighted by atomic mass is 10.1. The third-order valence-electron chi connectivity index (χ3n) is 5.34. The van der Waals surface area contributed by atoms with Gasteiger partial charge in [-0.15, -0.1) is 0 Å². The smallest absolute Gasteiger partial charge is 0.242 e. The second-order valence-electron chi connectivity index (χ2n) is 7.81. The van der Waals surface area contributed by atoms with E-state index in [9.17, 15) is 13.2 Å². The number of anilines is 1. The highest BCUT2D eigenvalue weighted by molar-refractivity contribution is 8.00. The Labute approximate surface area is 193 Å². The van der Waals surface area contributed by atoms with Crippen LogP contribution >= 0.6 is 11.8 Å². The lowest BCUT2D eigenvalue weighted by Crippen LogP contribution is -2.25. The summed E-state index contributed by atoms with van der Waals surface area (Å²) in [6.45, 7) is 7.75. The Morgan fingerprint density at radius 3 is 2.53 bits per heavy atom. The van der Waals surface area contributed by atoms with E-state index in [-0.39, 0.29) is 10.8 Å². The van der Waals surface area contributed by atoms with Gasteiger partial charge in [0.05, 0.1) is 15.8 Å². The van der Waals surface area contributed by atoms with Crippen molar-refractivity contribution in [2.45, 2.75) is 43.0 Å². The second kappa shape index (κ2) is 9.48. The van der Waals surface area contributed by atoms with Gasteiger partial charge in [0.15, 0.2) is 5.16 Å². The molecule has 9 heteroatoms. The molecule has 170 valence electrons. The number of aromatic nitrogens is 2. The molecule has 1 N–H and O–H groups in total. The number of hydrogen-bond donors (Lipinski definition) is 1. The van der Waals surface area contributed by atoms with Crippen LogP contribution in [0.1, 0.15) is 23.6 Å². The van der Waals surface area contributed by atoms with Gasteiger partial charge in [-0.2, -0.15) is 0 Å². The SMILES string of the molecule is Cc1ccc(S(=O)(=O)N(C)C)cc1NC(=O)[C@H](C)Sc1nccn1-c1cccc(C)c1C. The number of thioether (sulfide) groups is 1. The van der Waals surface area contributed by atoms with Crippen LogP contribution in [-0.2, 0) is 14.8 Å². The van der Waals surface area contributed by atoms with E-state index in [1.165, 1.54) is 37.5 Å².